The van der Waals surface area contributed by atoms with Crippen LogP contribution in [-0.4, -0.2) is 64.2 Å². The molecule has 2 amide bonds. The first-order valence-corrected chi connectivity index (χ1v) is 11.4. The molecule has 2 heterocycles. The first-order valence-electron chi connectivity index (χ1n) is 10.0. The van der Waals surface area contributed by atoms with Crippen LogP contribution in [0.25, 0.3) is 0 Å². The van der Waals surface area contributed by atoms with Crippen molar-refractivity contribution in [3.63, 3.8) is 0 Å². The summed E-state index contributed by atoms with van der Waals surface area (Å²) in [6.07, 6.45) is 0. The summed E-state index contributed by atoms with van der Waals surface area (Å²) in [4.78, 5) is 37.2. The van der Waals surface area contributed by atoms with E-state index in [2.05, 4.69) is 15.3 Å². The fourth-order valence-corrected chi connectivity index (χ4v) is 4.25. The van der Waals surface area contributed by atoms with Gasteiger partial charge in [-0.2, -0.15) is 0 Å². The Morgan fingerprint density at radius 2 is 2.06 bits per heavy atom. The molecule has 1 atom stereocenters. The summed E-state index contributed by atoms with van der Waals surface area (Å²) in [6, 6.07) is 7.36. The van der Waals surface area contributed by atoms with Crippen LogP contribution in [0.15, 0.2) is 35.5 Å². The van der Waals surface area contributed by atoms with E-state index in [4.69, 9.17) is 11.6 Å². The summed E-state index contributed by atoms with van der Waals surface area (Å²) in [7, 11) is 0. The summed E-state index contributed by atoms with van der Waals surface area (Å²) < 4.78 is 13.5. The Hall–Kier alpha value is -2.39. The van der Waals surface area contributed by atoms with Crippen LogP contribution in [0.2, 0.25) is 5.15 Å². The molecule has 3 rings (SSSR count). The number of halogens is 2. The van der Waals surface area contributed by atoms with Gasteiger partial charge in [0.1, 0.15) is 16.8 Å². The monoisotopic (exact) mass is 465 g/mol. The Morgan fingerprint density at radius 3 is 2.74 bits per heavy atom. The van der Waals surface area contributed by atoms with Crippen molar-refractivity contribution in [3.8, 4) is 0 Å². The van der Waals surface area contributed by atoms with Crippen molar-refractivity contribution in [3.05, 3.63) is 46.9 Å². The van der Waals surface area contributed by atoms with Crippen LogP contribution in [0.3, 0.4) is 0 Å². The van der Waals surface area contributed by atoms with Gasteiger partial charge < -0.3 is 15.1 Å². The number of hydrogen-bond acceptors (Lipinski definition) is 6. The van der Waals surface area contributed by atoms with Crippen LogP contribution >= 0.6 is 23.4 Å². The molecule has 7 nitrogen and oxygen atoms in total. The Balaban J connectivity index is 1.66. The molecular weight excluding hydrogens is 441 g/mol. The molecule has 2 aromatic rings. The van der Waals surface area contributed by atoms with Crippen LogP contribution < -0.4 is 10.2 Å². The Morgan fingerprint density at radius 1 is 1.29 bits per heavy atom. The van der Waals surface area contributed by atoms with E-state index in [1.165, 1.54) is 30.0 Å². The summed E-state index contributed by atoms with van der Waals surface area (Å²) in [6.45, 7) is 7.31. The van der Waals surface area contributed by atoms with Crippen LogP contribution in [-0.2, 0) is 4.79 Å². The Labute approximate surface area is 190 Å². The number of anilines is 1. The van der Waals surface area contributed by atoms with Gasteiger partial charge in [-0.25, -0.2) is 14.4 Å². The second-order valence-electron chi connectivity index (χ2n) is 7.65. The molecule has 1 saturated heterocycles. The van der Waals surface area contributed by atoms with Gasteiger partial charge in [-0.05, 0) is 39.0 Å². The summed E-state index contributed by atoms with van der Waals surface area (Å²) in [5.74, 6) is 0.129. The average Bonchev–Trinajstić information content (AvgIpc) is 2.71. The minimum Gasteiger partial charge on any atom is -0.353 e. The molecule has 0 spiro atoms. The molecule has 1 aliphatic heterocycles. The number of nitrogens with one attached hydrogen (secondary N) is 1. The van der Waals surface area contributed by atoms with E-state index in [0.717, 1.165) is 0 Å². The number of piperazine rings is 1. The third-order valence-corrected chi connectivity index (χ3v) is 5.77. The van der Waals surface area contributed by atoms with Gasteiger partial charge in [0, 0.05) is 43.3 Å². The molecule has 1 aromatic heterocycles. The number of rotatable bonds is 6. The van der Waals surface area contributed by atoms with Gasteiger partial charge >= 0.3 is 0 Å². The third-order valence-electron chi connectivity index (χ3n) is 4.73. The zero-order valence-electron chi connectivity index (χ0n) is 17.6. The summed E-state index contributed by atoms with van der Waals surface area (Å²) >= 11 is 7.41. The molecule has 31 heavy (non-hydrogen) atoms. The molecule has 0 radical (unpaired) electrons. The van der Waals surface area contributed by atoms with Gasteiger partial charge in [-0.1, -0.05) is 29.4 Å². The largest absolute Gasteiger partial charge is 0.353 e. The highest BCUT2D eigenvalue weighted by molar-refractivity contribution is 7.99. The standard InChI is InChI=1S/C21H25ClFN5O2S/c1-13(2)24-19(29)12-31-21-25-17(22)10-18(26-21)27-7-8-28(14(3)11-27)20(30)15-5-4-6-16(23)9-15/h4-6,9-10,13-14H,7-8,11-12H2,1-3H3,(H,24,29). The minimum absolute atomic E-state index is 0.0665. The molecule has 1 unspecified atom stereocenters. The highest BCUT2D eigenvalue weighted by Crippen LogP contribution is 2.24. The normalized spacial score (nSPS) is 16.5. The van der Waals surface area contributed by atoms with Gasteiger partial charge in [-0.3, -0.25) is 9.59 Å². The lowest BCUT2D eigenvalue weighted by molar-refractivity contribution is -0.119. The zero-order chi connectivity index (χ0) is 22.5. The van der Waals surface area contributed by atoms with Crippen LogP contribution in [0, 0.1) is 5.82 Å². The van der Waals surface area contributed by atoms with Gasteiger partial charge in [0.2, 0.25) is 5.91 Å². The maximum absolute atomic E-state index is 13.5. The van der Waals surface area contributed by atoms with Crippen molar-refractivity contribution in [2.24, 2.45) is 0 Å². The van der Waals surface area contributed by atoms with Gasteiger partial charge in [-0.15, -0.1) is 0 Å². The van der Waals surface area contributed by atoms with Crippen molar-refractivity contribution < 1.29 is 14.0 Å². The fraction of sp³-hybridized carbons (Fsp3) is 0.429. The molecule has 0 aliphatic carbocycles. The lowest BCUT2D eigenvalue weighted by Gasteiger charge is -2.40. The quantitative estimate of drug-likeness (QED) is 0.401. The van der Waals surface area contributed by atoms with E-state index < -0.39 is 5.82 Å². The summed E-state index contributed by atoms with van der Waals surface area (Å²) in [5.41, 5.74) is 0.337. The summed E-state index contributed by atoms with van der Waals surface area (Å²) in [5, 5.41) is 3.54. The van der Waals surface area contributed by atoms with E-state index >= 15 is 0 Å². The third kappa shape index (κ3) is 6.30. The second-order valence-corrected chi connectivity index (χ2v) is 8.98. The number of carbonyl (C=O) groups is 2. The van der Waals surface area contributed by atoms with Crippen LogP contribution in [0.1, 0.15) is 31.1 Å². The smallest absolute Gasteiger partial charge is 0.254 e. The maximum atomic E-state index is 13.5. The van der Waals surface area contributed by atoms with Crippen molar-refractivity contribution in [2.45, 2.75) is 38.0 Å². The average molecular weight is 466 g/mol. The molecule has 1 aromatic carbocycles. The fourth-order valence-electron chi connectivity index (χ4n) is 3.36. The van der Waals surface area contributed by atoms with Crippen molar-refractivity contribution in [1.29, 1.82) is 0 Å². The van der Waals surface area contributed by atoms with E-state index in [1.807, 2.05) is 25.7 Å². The van der Waals surface area contributed by atoms with E-state index in [9.17, 15) is 14.0 Å². The first-order chi connectivity index (χ1) is 14.7. The number of aromatic nitrogens is 2. The molecule has 0 bridgehead atoms. The number of thioether (sulfide) groups is 1. The van der Waals surface area contributed by atoms with Crippen molar-refractivity contribution in [1.82, 2.24) is 20.2 Å². The second kappa shape index (κ2) is 10.3. The van der Waals surface area contributed by atoms with E-state index in [-0.39, 0.29) is 29.7 Å². The van der Waals surface area contributed by atoms with Crippen LogP contribution in [0.5, 0.6) is 0 Å². The zero-order valence-corrected chi connectivity index (χ0v) is 19.2. The molecule has 166 valence electrons. The lowest BCUT2D eigenvalue weighted by Crippen LogP contribution is -2.54. The number of amides is 2. The molecule has 10 heteroatoms. The Kier molecular flexibility index (Phi) is 7.72. The van der Waals surface area contributed by atoms with Gasteiger partial charge in [0.15, 0.2) is 5.16 Å². The highest BCUT2D eigenvalue weighted by Gasteiger charge is 2.29. The van der Waals surface area contributed by atoms with Crippen molar-refractivity contribution >= 4 is 41.0 Å². The molecule has 0 saturated carbocycles. The van der Waals surface area contributed by atoms with Gasteiger partial charge in [0.05, 0.1) is 5.75 Å². The number of hydrogen-bond donors (Lipinski definition) is 1. The topological polar surface area (TPSA) is 78.4 Å². The maximum Gasteiger partial charge on any atom is 0.254 e. The molecule has 1 fully saturated rings. The minimum atomic E-state index is -0.431. The molecular formula is C21H25ClFN5O2S. The number of carbonyl (C=O) groups excluding carboxylic acids is 2. The predicted octanol–water partition coefficient (Wildman–Crippen LogP) is 3.24. The van der Waals surface area contributed by atoms with E-state index in [1.54, 1.807) is 17.0 Å². The van der Waals surface area contributed by atoms with Gasteiger partial charge in [0.25, 0.3) is 5.91 Å². The first kappa shape index (κ1) is 23.3. The van der Waals surface area contributed by atoms with Crippen molar-refractivity contribution in [2.75, 3.05) is 30.3 Å². The number of nitrogens with zero attached hydrogens (tertiary/aromatic N) is 4. The lowest BCUT2D eigenvalue weighted by atomic mass is 10.1. The van der Waals surface area contributed by atoms with E-state index in [0.29, 0.717) is 41.3 Å². The van der Waals surface area contributed by atoms with Crippen LogP contribution in [0.4, 0.5) is 10.2 Å². The number of benzene rings is 1. The highest BCUT2D eigenvalue weighted by atomic mass is 35.5. The Bertz CT molecular complexity index is 961. The predicted molar refractivity (Wildman–Crippen MR) is 120 cm³/mol. The molecule has 1 N–H and O–H groups in total. The SMILES string of the molecule is CC(C)NC(=O)CSc1nc(Cl)cc(N2CCN(C(=O)c3cccc(F)c3)C(C)C2)n1. The molecule has 1 aliphatic rings.